The van der Waals surface area contributed by atoms with E-state index < -0.39 is 0 Å². The zero-order valence-corrected chi connectivity index (χ0v) is 9.48. The number of carbonyl (C=O) groups is 2. The van der Waals surface area contributed by atoms with Gasteiger partial charge in [0.05, 0.1) is 11.6 Å². The molecule has 0 saturated heterocycles. The first-order valence-corrected chi connectivity index (χ1v) is 5.77. The lowest BCUT2D eigenvalue weighted by Gasteiger charge is -2.19. The zero-order chi connectivity index (χ0) is 12.3. The maximum atomic E-state index is 12.1. The molecular formula is C14H13NO2. The number of hydrogen-bond acceptors (Lipinski definition) is 3. The molecule has 0 spiro atoms. The predicted octanol–water partition coefficient (Wildman–Crippen LogP) is 2.50. The minimum atomic E-state index is -0.163. The predicted molar refractivity (Wildman–Crippen MR) is 62.5 cm³/mol. The Morgan fingerprint density at radius 1 is 1.29 bits per heavy atom. The highest BCUT2D eigenvalue weighted by Gasteiger charge is 2.26. The Balaban J connectivity index is 2.13. The van der Waals surface area contributed by atoms with Crippen LogP contribution in [0, 0.1) is 17.2 Å². The standard InChI is InChI=1S/C14H13NO2/c15-9-10-4-6-11(7-5-10)14(17)12-2-1-3-13(16)8-12/h4-7,12H,1-3,8H2. The third kappa shape index (κ3) is 2.59. The van der Waals surface area contributed by atoms with Gasteiger partial charge in [0.2, 0.25) is 0 Å². The molecule has 1 aromatic carbocycles. The Labute approximate surface area is 100 Å². The molecule has 0 N–H and O–H groups in total. The van der Waals surface area contributed by atoms with Crippen molar-refractivity contribution in [2.45, 2.75) is 25.7 Å². The fourth-order valence-corrected chi connectivity index (χ4v) is 2.19. The molecule has 3 heteroatoms. The summed E-state index contributed by atoms with van der Waals surface area (Å²) in [5.74, 6) is 0.0509. The van der Waals surface area contributed by atoms with Crippen molar-refractivity contribution in [2.75, 3.05) is 0 Å². The van der Waals surface area contributed by atoms with Gasteiger partial charge >= 0.3 is 0 Å². The van der Waals surface area contributed by atoms with Crippen molar-refractivity contribution in [3.63, 3.8) is 0 Å². The van der Waals surface area contributed by atoms with Crippen molar-refractivity contribution in [1.29, 1.82) is 5.26 Å². The van der Waals surface area contributed by atoms with E-state index in [0.717, 1.165) is 12.8 Å². The van der Waals surface area contributed by atoms with Crippen molar-refractivity contribution >= 4 is 11.6 Å². The fourth-order valence-electron chi connectivity index (χ4n) is 2.19. The van der Waals surface area contributed by atoms with E-state index in [1.807, 2.05) is 6.07 Å². The molecule has 0 bridgehead atoms. The van der Waals surface area contributed by atoms with Gasteiger partial charge in [-0.3, -0.25) is 9.59 Å². The van der Waals surface area contributed by atoms with E-state index in [1.165, 1.54) is 0 Å². The lowest BCUT2D eigenvalue weighted by Crippen LogP contribution is -2.22. The van der Waals surface area contributed by atoms with Crippen LogP contribution in [0.2, 0.25) is 0 Å². The lowest BCUT2D eigenvalue weighted by molar-refractivity contribution is -0.121. The number of ketones is 2. The van der Waals surface area contributed by atoms with E-state index >= 15 is 0 Å². The molecule has 1 unspecified atom stereocenters. The van der Waals surface area contributed by atoms with Gasteiger partial charge in [-0.05, 0) is 25.0 Å². The third-order valence-electron chi connectivity index (χ3n) is 3.15. The molecule has 1 fully saturated rings. The summed E-state index contributed by atoms with van der Waals surface area (Å²) in [6.07, 6.45) is 2.59. The molecule has 0 aliphatic heterocycles. The minimum absolute atomic E-state index is 0.0301. The van der Waals surface area contributed by atoms with Crippen molar-refractivity contribution in [2.24, 2.45) is 5.92 Å². The summed E-state index contributed by atoms with van der Waals surface area (Å²) in [7, 11) is 0. The Kier molecular flexibility index (Phi) is 3.34. The molecule has 17 heavy (non-hydrogen) atoms. The van der Waals surface area contributed by atoms with Crippen molar-refractivity contribution in [3.05, 3.63) is 35.4 Å². The van der Waals surface area contributed by atoms with Gasteiger partial charge in [-0.2, -0.15) is 5.26 Å². The highest BCUT2D eigenvalue weighted by Crippen LogP contribution is 2.25. The van der Waals surface area contributed by atoms with E-state index in [2.05, 4.69) is 0 Å². The zero-order valence-electron chi connectivity index (χ0n) is 9.48. The van der Waals surface area contributed by atoms with Crippen molar-refractivity contribution in [3.8, 4) is 6.07 Å². The molecule has 1 saturated carbocycles. The summed E-state index contributed by atoms with van der Waals surface area (Å²) in [4.78, 5) is 23.4. The van der Waals surface area contributed by atoms with E-state index in [0.29, 0.717) is 24.0 Å². The minimum Gasteiger partial charge on any atom is -0.300 e. The van der Waals surface area contributed by atoms with E-state index in [-0.39, 0.29) is 17.5 Å². The van der Waals surface area contributed by atoms with Crippen molar-refractivity contribution < 1.29 is 9.59 Å². The first kappa shape index (κ1) is 11.5. The number of nitriles is 1. The molecule has 2 rings (SSSR count). The highest BCUT2D eigenvalue weighted by atomic mass is 16.1. The summed E-state index contributed by atoms with van der Waals surface area (Å²) >= 11 is 0. The summed E-state index contributed by atoms with van der Waals surface area (Å²) in [6.45, 7) is 0. The number of nitrogens with zero attached hydrogens (tertiary/aromatic N) is 1. The second-order valence-corrected chi connectivity index (χ2v) is 4.39. The molecule has 1 aromatic rings. The fraction of sp³-hybridized carbons (Fsp3) is 0.357. The monoisotopic (exact) mass is 227 g/mol. The molecule has 86 valence electrons. The molecular weight excluding hydrogens is 214 g/mol. The SMILES string of the molecule is N#Cc1ccc(C(=O)C2CCCC(=O)C2)cc1. The molecule has 0 aromatic heterocycles. The normalized spacial score (nSPS) is 19.7. The number of rotatable bonds is 2. The number of hydrogen-bond donors (Lipinski definition) is 0. The van der Waals surface area contributed by atoms with Crippen LogP contribution in [0.25, 0.3) is 0 Å². The average molecular weight is 227 g/mol. The molecule has 0 heterocycles. The molecule has 1 atom stereocenters. The molecule has 1 aliphatic rings. The van der Waals surface area contributed by atoms with Crippen LogP contribution >= 0.6 is 0 Å². The smallest absolute Gasteiger partial charge is 0.166 e. The molecule has 3 nitrogen and oxygen atoms in total. The van der Waals surface area contributed by atoms with Gasteiger partial charge < -0.3 is 0 Å². The number of Topliss-reactive ketones (excluding diaryl/α,β-unsaturated/α-hetero) is 2. The highest BCUT2D eigenvalue weighted by molar-refractivity contribution is 6.00. The molecule has 1 aliphatic carbocycles. The molecule has 0 radical (unpaired) electrons. The Bertz CT molecular complexity index is 482. The van der Waals surface area contributed by atoms with Gasteiger partial charge in [-0.25, -0.2) is 0 Å². The second kappa shape index (κ2) is 4.92. The van der Waals surface area contributed by atoms with Crippen LogP contribution < -0.4 is 0 Å². The lowest BCUT2D eigenvalue weighted by atomic mass is 9.83. The summed E-state index contributed by atoms with van der Waals surface area (Å²) in [5.41, 5.74) is 1.14. The first-order chi connectivity index (χ1) is 8.20. The average Bonchev–Trinajstić information content (AvgIpc) is 2.38. The molecule has 0 amide bonds. The van der Waals surface area contributed by atoms with E-state index in [1.54, 1.807) is 24.3 Å². The van der Waals surface area contributed by atoms with Gasteiger partial charge in [0.1, 0.15) is 5.78 Å². The topological polar surface area (TPSA) is 57.9 Å². The third-order valence-corrected chi connectivity index (χ3v) is 3.15. The second-order valence-electron chi connectivity index (χ2n) is 4.39. The maximum Gasteiger partial charge on any atom is 0.166 e. The van der Waals surface area contributed by atoms with Gasteiger partial charge in [0.15, 0.2) is 5.78 Å². The number of carbonyl (C=O) groups excluding carboxylic acids is 2. The van der Waals surface area contributed by atoms with E-state index in [4.69, 9.17) is 5.26 Å². The van der Waals surface area contributed by atoms with Crippen LogP contribution in [-0.4, -0.2) is 11.6 Å². The van der Waals surface area contributed by atoms with Gasteiger partial charge in [-0.1, -0.05) is 12.1 Å². The Hall–Kier alpha value is -1.95. The van der Waals surface area contributed by atoms with Gasteiger partial charge in [0, 0.05) is 24.3 Å². The Morgan fingerprint density at radius 2 is 2.00 bits per heavy atom. The van der Waals surface area contributed by atoms with Gasteiger partial charge in [-0.15, -0.1) is 0 Å². The van der Waals surface area contributed by atoms with Crippen LogP contribution in [-0.2, 0) is 4.79 Å². The van der Waals surface area contributed by atoms with E-state index in [9.17, 15) is 9.59 Å². The summed E-state index contributed by atoms with van der Waals surface area (Å²) in [5, 5.41) is 8.67. The van der Waals surface area contributed by atoms with Crippen LogP contribution in [0.4, 0.5) is 0 Å². The van der Waals surface area contributed by atoms with Crippen LogP contribution in [0.1, 0.15) is 41.6 Å². The van der Waals surface area contributed by atoms with Crippen molar-refractivity contribution in [1.82, 2.24) is 0 Å². The first-order valence-electron chi connectivity index (χ1n) is 5.77. The van der Waals surface area contributed by atoms with Crippen LogP contribution in [0.3, 0.4) is 0 Å². The van der Waals surface area contributed by atoms with Crippen LogP contribution in [0.15, 0.2) is 24.3 Å². The Morgan fingerprint density at radius 3 is 2.59 bits per heavy atom. The largest absolute Gasteiger partial charge is 0.300 e. The number of benzene rings is 1. The quantitative estimate of drug-likeness (QED) is 0.729. The van der Waals surface area contributed by atoms with Gasteiger partial charge in [0.25, 0.3) is 0 Å². The summed E-state index contributed by atoms with van der Waals surface area (Å²) in [6, 6.07) is 8.62. The summed E-state index contributed by atoms with van der Waals surface area (Å²) < 4.78 is 0. The maximum absolute atomic E-state index is 12.1. The van der Waals surface area contributed by atoms with Crippen LogP contribution in [0.5, 0.6) is 0 Å².